The SMILES string of the molecule is C=C(C)/C(=C(/C)NC)C(C1=CCNN=C1C)c1ccccc1CCc1ccc(C)cc1. The van der Waals surface area contributed by atoms with Gasteiger partial charge < -0.3 is 10.7 Å². The van der Waals surface area contributed by atoms with E-state index in [1.165, 1.54) is 33.4 Å². The van der Waals surface area contributed by atoms with Crippen molar-refractivity contribution < 1.29 is 0 Å². The van der Waals surface area contributed by atoms with Crippen LogP contribution in [0.1, 0.15) is 48.9 Å². The smallest absolute Gasteiger partial charge is 0.0611 e. The maximum absolute atomic E-state index is 4.54. The van der Waals surface area contributed by atoms with Gasteiger partial charge in [0.05, 0.1) is 12.3 Å². The minimum absolute atomic E-state index is 0.102. The van der Waals surface area contributed by atoms with E-state index in [0.29, 0.717) is 0 Å². The Kier molecular flexibility index (Phi) is 7.51. The molecule has 0 radical (unpaired) electrons. The number of allylic oxidation sites excluding steroid dienone is 4. The fourth-order valence-electron chi connectivity index (χ4n) is 4.33. The zero-order valence-electron chi connectivity index (χ0n) is 19.5. The van der Waals surface area contributed by atoms with Crippen LogP contribution < -0.4 is 10.7 Å². The van der Waals surface area contributed by atoms with Crippen LogP contribution in [0, 0.1) is 6.92 Å². The fraction of sp³-hybridized carbons (Fsp3) is 0.321. The quantitative estimate of drug-likeness (QED) is 0.534. The number of aryl methyl sites for hydroxylation is 3. The third kappa shape index (κ3) is 5.35. The van der Waals surface area contributed by atoms with E-state index < -0.39 is 0 Å². The number of nitrogens with one attached hydrogen (secondary N) is 2. The summed E-state index contributed by atoms with van der Waals surface area (Å²) in [7, 11) is 1.98. The van der Waals surface area contributed by atoms with E-state index in [2.05, 4.69) is 105 Å². The molecule has 2 aromatic rings. The monoisotopic (exact) mass is 413 g/mol. The molecule has 1 unspecified atom stereocenters. The predicted octanol–water partition coefficient (Wildman–Crippen LogP) is 5.84. The first-order chi connectivity index (χ1) is 14.9. The van der Waals surface area contributed by atoms with Crippen molar-refractivity contribution in [1.82, 2.24) is 10.7 Å². The van der Waals surface area contributed by atoms with Gasteiger partial charge in [-0.05, 0) is 68.4 Å². The molecule has 0 spiro atoms. The van der Waals surface area contributed by atoms with Crippen LogP contribution in [0.5, 0.6) is 0 Å². The fourth-order valence-corrected chi connectivity index (χ4v) is 4.33. The summed E-state index contributed by atoms with van der Waals surface area (Å²) in [4.78, 5) is 0. The van der Waals surface area contributed by atoms with Crippen molar-refractivity contribution in [3.05, 3.63) is 106 Å². The lowest BCUT2D eigenvalue weighted by Crippen LogP contribution is -2.24. The van der Waals surface area contributed by atoms with Crippen LogP contribution >= 0.6 is 0 Å². The van der Waals surface area contributed by atoms with Crippen molar-refractivity contribution >= 4 is 5.71 Å². The summed E-state index contributed by atoms with van der Waals surface area (Å²) < 4.78 is 0. The first-order valence-corrected chi connectivity index (χ1v) is 11.1. The topological polar surface area (TPSA) is 36.4 Å². The molecule has 3 heteroatoms. The van der Waals surface area contributed by atoms with Gasteiger partial charge in [0.25, 0.3) is 0 Å². The molecule has 0 saturated carbocycles. The van der Waals surface area contributed by atoms with E-state index in [1.54, 1.807) is 0 Å². The molecule has 0 fully saturated rings. The molecule has 2 aromatic carbocycles. The number of hydrogen-bond acceptors (Lipinski definition) is 3. The van der Waals surface area contributed by atoms with E-state index in [1.807, 2.05) is 7.05 Å². The van der Waals surface area contributed by atoms with Crippen molar-refractivity contribution in [2.24, 2.45) is 5.10 Å². The Morgan fingerprint density at radius 2 is 1.77 bits per heavy atom. The molecule has 2 N–H and O–H groups in total. The van der Waals surface area contributed by atoms with E-state index in [9.17, 15) is 0 Å². The van der Waals surface area contributed by atoms with E-state index in [0.717, 1.165) is 36.4 Å². The summed E-state index contributed by atoms with van der Waals surface area (Å²) in [6, 6.07) is 17.7. The number of hydrazone groups is 1. The van der Waals surface area contributed by atoms with Gasteiger partial charge in [-0.1, -0.05) is 72.3 Å². The molecular formula is C28H35N3. The van der Waals surface area contributed by atoms with Crippen LogP contribution in [0.3, 0.4) is 0 Å². The van der Waals surface area contributed by atoms with Crippen LogP contribution in [-0.2, 0) is 12.8 Å². The van der Waals surface area contributed by atoms with Gasteiger partial charge in [-0.25, -0.2) is 0 Å². The summed E-state index contributed by atoms with van der Waals surface area (Å²) in [5, 5.41) is 7.91. The van der Waals surface area contributed by atoms with E-state index in [-0.39, 0.29) is 5.92 Å². The van der Waals surface area contributed by atoms with Crippen LogP contribution in [0.15, 0.2) is 88.7 Å². The Hall–Kier alpha value is -3.07. The highest BCUT2D eigenvalue weighted by Gasteiger charge is 2.28. The van der Waals surface area contributed by atoms with Gasteiger partial charge in [0.15, 0.2) is 0 Å². The molecule has 3 rings (SSSR count). The largest absolute Gasteiger partial charge is 0.391 e. The van der Waals surface area contributed by atoms with Gasteiger partial charge in [0.1, 0.15) is 0 Å². The molecule has 162 valence electrons. The van der Waals surface area contributed by atoms with Crippen molar-refractivity contribution in [2.75, 3.05) is 13.6 Å². The molecule has 0 amide bonds. The molecular weight excluding hydrogens is 378 g/mol. The average molecular weight is 414 g/mol. The second-order valence-electron chi connectivity index (χ2n) is 8.41. The lowest BCUT2D eigenvalue weighted by molar-refractivity contribution is 0.782. The third-order valence-electron chi connectivity index (χ3n) is 6.09. The van der Waals surface area contributed by atoms with Gasteiger partial charge in [-0.3, -0.25) is 0 Å². The number of benzene rings is 2. The lowest BCUT2D eigenvalue weighted by Gasteiger charge is -2.30. The second kappa shape index (κ2) is 10.3. The molecule has 1 aliphatic rings. The summed E-state index contributed by atoms with van der Waals surface area (Å²) >= 11 is 0. The molecule has 31 heavy (non-hydrogen) atoms. The number of rotatable bonds is 8. The van der Waals surface area contributed by atoms with E-state index in [4.69, 9.17) is 0 Å². The highest BCUT2D eigenvalue weighted by molar-refractivity contribution is 6.01. The zero-order chi connectivity index (χ0) is 22.4. The molecule has 0 bridgehead atoms. The Morgan fingerprint density at radius 3 is 2.42 bits per heavy atom. The normalized spacial score (nSPS) is 15.3. The maximum Gasteiger partial charge on any atom is 0.0611 e. The molecule has 1 heterocycles. The van der Waals surface area contributed by atoms with Crippen LogP contribution in [0.2, 0.25) is 0 Å². The Morgan fingerprint density at radius 1 is 1.06 bits per heavy atom. The summed E-state index contributed by atoms with van der Waals surface area (Å²) in [5.41, 5.74) is 14.3. The number of nitrogens with zero attached hydrogens (tertiary/aromatic N) is 1. The lowest BCUT2D eigenvalue weighted by atomic mass is 9.76. The van der Waals surface area contributed by atoms with Crippen molar-refractivity contribution in [3.63, 3.8) is 0 Å². The average Bonchev–Trinajstić information content (AvgIpc) is 2.77. The molecule has 0 aliphatic carbocycles. The van der Waals surface area contributed by atoms with Crippen LogP contribution in [0.25, 0.3) is 0 Å². The van der Waals surface area contributed by atoms with Crippen molar-refractivity contribution in [1.29, 1.82) is 0 Å². The summed E-state index contributed by atoms with van der Waals surface area (Å²) in [6.45, 7) is 13.6. The molecule has 3 nitrogen and oxygen atoms in total. The van der Waals surface area contributed by atoms with Crippen LogP contribution in [0.4, 0.5) is 0 Å². The first kappa shape index (κ1) is 22.6. The molecule has 0 aromatic heterocycles. The Labute approximate surface area is 187 Å². The van der Waals surface area contributed by atoms with Gasteiger partial charge >= 0.3 is 0 Å². The Bertz CT molecular complexity index is 1020. The van der Waals surface area contributed by atoms with Gasteiger partial charge in [0, 0.05) is 18.7 Å². The van der Waals surface area contributed by atoms with Gasteiger partial charge in [-0.2, -0.15) is 5.10 Å². The highest BCUT2D eigenvalue weighted by atomic mass is 15.3. The second-order valence-corrected chi connectivity index (χ2v) is 8.41. The van der Waals surface area contributed by atoms with Gasteiger partial charge in [0.2, 0.25) is 0 Å². The molecule has 0 saturated heterocycles. The third-order valence-corrected chi connectivity index (χ3v) is 6.09. The van der Waals surface area contributed by atoms with Crippen molar-refractivity contribution in [3.8, 4) is 0 Å². The maximum atomic E-state index is 4.54. The predicted molar refractivity (Wildman–Crippen MR) is 134 cm³/mol. The standard InChI is InChI=1S/C28H35N3/c1-19(2)27(22(5)29-6)28(25-17-18-30-31-21(25)4)26-10-8-7-9-24(26)16-15-23-13-11-20(3)12-14-23/h7-14,17,28-30H,1,15-16,18H2,2-6H3/b27-22+. The minimum atomic E-state index is 0.102. The Balaban J connectivity index is 2.07. The van der Waals surface area contributed by atoms with E-state index >= 15 is 0 Å². The minimum Gasteiger partial charge on any atom is -0.391 e. The van der Waals surface area contributed by atoms with Crippen LogP contribution in [-0.4, -0.2) is 19.3 Å². The van der Waals surface area contributed by atoms with Gasteiger partial charge in [-0.15, -0.1) is 0 Å². The first-order valence-electron chi connectivity index (χ1n) is 11.1. The highest BCUT2D eigenvalue weighted by Crippen LogP contribution is 2.39. The van der Waals surface area contributed by atoms with Crippen molar-refractivity contribution in [2.45, 2.75) is 46.5 Å². The number of hydrogen-bond donors (Lipinski definition) is 2. The summed E-state index contributed by atoms with van der Waals surface area (Å²) in [6.07, 6.45) is 4.30. The molecule has 1 atom stereocenters. The molecule has 1 aliphatic heterocycles. The zero-order valence-corrected chi connectivity index (χ0v) is 19.5. The summed E-state index contributed by atoms with van der Waals surface area (Å²) in [5.74, 6) is 0.102.